The van der Waals surface area contributed by atoms with Crippen molar-refractivity contribution in [3.05, 3.63) is 22.8 Å². The average Bonchev–Trinajstić information content (AvgIpc) is 2.29. The first-order chi connectivity index (χ1) is 8.89. The molecule has 2 rings (SSSR count). The highest BCUT2D eigenvalue weighted by Crippen LogP contribution is 2.39. The lowest BCUT2D eigenvalue weighted by molar-refractivity contribution is 0.0532. The summed E-state index contributed by atoms with van der Waals surface area (Å²) in [6, 6.07) is 1.85. The number of hydrogen-bond donors (Lipinski definition) is 0. The molecule has 0 spiro atoms. The number of halogens is 2. The summed E-state index contributed by atoms with van der Waals surface area (Å²) in [5.74, 6) is 1.70. The molecule has 2 nitrogen and oxygen atoms in total. The van der Waals surface area contributed by atoms with E-state index in [2.05, 4.69) is 25.8 Å². The predicted molar refractivity (Wildman–Crippen MR) is 80.0 cm³/mol. The minimum absolute atomic E-state index is 0.232. The minimum atomic E-state index is 0.232. The maximum atomic E-state index is 6.03. The number of pyridine rings is 1. The molecular weight excluding hydrogens is 281 g/mol. The van der Waals surface area contributed by atoms with Crippen LogP contribution >= 0.6 is 23.2 Å². The normalized spacial score (nSPS) is 26.2. The van der Waals surface area contributed by atoms with E-state index in [1.54, 1.807) is 6.20 Å². The van der Waals surface area contributed by atoms with Gasteiger partial charge in [-0.25, -0.2) is 4.98 Å². The molecule has 0 N–H and O–H groups in total. The Hall–Kier alpha value is -0.470. The van der Waals surface area contributed by atoms with Crippen molar-refractivity contribution >= 4 is 23.2 Å². The van der Waals surface area contributed by atoms with E-state index in [0.29, 0.717) is 28.1 Å². The van der Waals surface area contributed by atoms with Crippen LogP contribution in [0.15, 0.2) is 12.3 Å². The molecule has 0 bridgehead atoms. The van der Waals surface area contributed by atoms with Gasteiger partial charge in [-0.15, -0.1) is 11.6 Å². The van der Waals surface area contributed by atoms with Gasteiger partial charge in [-0.05, 0) is 36.2 Å². The van der Waals surface area contributed by atoms with Gasteiger partial charge in [0, 0.05) is 18.1 Å². The lowest BCUT2D eigenvalue weighted by atomic mass is 9.71. The molecule has 1 aromatic rings. The third-order valence-electron chi connectivity index (χ3n) is 3.69. The molecule has 0 aliphatic heterocycles. The van der Waals surface area contributed by atoms with Crippen molar-refractivity contribution in [1.82, 2.24) is 4.98 Å². The van der Waals surface area contributed by atoms with Crippen LogP contribution in [0.3, 0.4) is 0 Å². The molecule has 106 valence electrons. The Labute approximate surface area is 125 Å². The van der Waals surface area contributed by atoms with E-state index < -0.39 is 0 Å². The van der Waals surface area contributed by atoms with Crippen molar-refractivity contribution < 1.29 is 4.74 Å². The number of ether oxygens (including phenoxy) is 1. The van der Waals surface area contributed by atoms with Gasteiger partial charge in [-0.2, -0.15) is 0 Å². The van der Waals surface area contributed by atoms with Gasteiger partial charge < -0.3 is 4.74 Å². The summed E-state index contributed by atoms with van der Waals surface area (Å²) < 4.78 is 6.03. The summed E-state index contributed by atoms with van der Waals surface area (Å²) in [7, 11) is 0. The predicted octanol–water partition coefficient (Wildman–Crippen LogP) is 5.07. The fourth-order valence-electron chi connectivity index (χ4n) is 3.14. The van der Waals surface area contributed by atoms with Gasteiger partial charge in [0.25, 0.3) is 0 Å². The lowest BCUT2D eigenvalue weighted by Gasteiger charge is -2.38. The van der Waals surface area contributed by atoms with E-state index in [0.717, 1.165) is 18.4 Å². The third-order valence-corrected chi connectivity index (χ3v) is 4.32. The van der Waals surface area contributed by atoms with Gasteiger partial charge in [-0.1, -0.05) is 32.4 Å². The highest BCUT2D eigenvalue weighted by atomic mass is 35.5. The number of nitrogens with zero attached hydrogens (tertiary/aromatic N) is 1. The Morgan fingerprint density at radius 1 is 1.42 bits per heavy atom. The second-order valence-corrected chi connectivity index (χ2v) is 7.08. The first-order valence-electron chi connectivity index (χ1n) is 6.76. The molecule has 1 aliphatic rings. The molecule has 1 heterocycles. The molecule has 0 amide bonds. The fraction of sp³-hybridized carbons (Fsp3) is 0.667. The Bertz CT molecular complexity index is 448. The maximum absolute atomic E-state index is 6.03. The van der Waals surface area contributed by atoms with Crippen LogP contribution in [-0.4, -0.2) is 11.1 Å². The van der Waals surface area contributed by atoms with E-state index in [1.807, 2.05) is 6.07 Å². The Balaban J connectivity index is 2.08. The number of hydrogen-bond acceptors (Lipinski definition) is 2. The number of rotatable bonds is 3. The van der Waals surface area contributed by atoms with Crippen LogP contribution < -0.4 is 4.74 Å². The van der Waals surface area contributed by atoms with Crippen molar-refractivity contribution in [3.63, 3.8) is 0 Å². The van der Waals surface area contributed by atoms with Crippen LogP contribution in [0.25, 0.3) is 0 Å². The summed E-state index contributed by atoms with van der Waals surface area (Å²) in [6.07, 6.45) is 5.26. The molecule has 1 fully saturated rings. The van der Waals surface area contributed by atoms with Crippen LogP contribution in [0.4, 0.5) is 0 Å². The molecule has 1 saturated carbocycles. The van der Waals surface area contributed by atoms with E-state index >= 15 is 0 Å². The molecule has 4 heteroatoms. The Morgan fingerprint density at radius 2 is 2.16 bits per heavy atom. The molecule has 19 heavy (non-hydrogen) atoms. The lowest BCUT2D eigenvalue weighted by Crippen LogP contribution is -2.34. The monoisotopic (exact) mass is 301 g/mol. The van der Waals surface area contributed by atoms with E-state index in [9.17, 15) is 0 Å². The van der Waals surface area contributed by atoms with Crippen LogP contribution in [0.5, 0.6) is 5.88 Å². The van der Waals surface area contributed by atoms with Gasteiger partial charge in [0.1, 0.15) is 6.10 Å². The summed E-state index contributed by atoms with van der Waals surface area (Å²) in [4.78, 5) is 4.24. The fourth-order valence-corrected chi connectivity index (χ4v) is 3.60. The zero-order chi connectivity index (χ0) is 14.0. The summed E-state index contributed by atoms with van der Waals surface area (Å²) in [6.45, 7) is 6.90. The van der Waals surface area contributed by atoms with Crippen molar-refractivity contribution in [1.29, 1.82) is 0 Å². The van der Waals surface area contributed by atoms with Gasteiger partial charge in [0.15, 0.2) is 0 Å². The van der Waals surface area contributed by atoms with Crippen molar-refractivity contribution in [3.8, 4) is 5.88 Å². The molecule has 0 saturated heterocycles. The van der Waals surface area contributed by atoms with Crippen LogP contribution in [0.2, 0.25) is 5.02 Å². The number of aromatic nitrogens is 1. The smallest absolute Gasteiger partial charge is 0.213 e. The molecule has 2 atom stereocenters. The Kier molecular flexibility index (Phi) is 4.62. The maximum Gasteiger partial charge on any atom is 0.213 e. The first-order valence-corrected chi connectivity index (χ1v) is 7.68. The van der Waals surface area contributed by atoms with Gasteiger partial charge in [0.2, 0.25) is 5.88 Å². The second kappa shape index (κ2) is 5.88. The van der Waals surface area contributed by atoms with Gasteiger partial charge in [0.05, 0.1) is 5.02 Å². The van der Waals surface area contributed by atoms with E-state index in [-0.39, 0.29) is 6.10 Å². The zero-order valence-electron chi connectivity index (χ0n) is 11.7. The molecule has 0 aromatic carbocycles. The van der Waals surface area contributed by atoms with Gasteiger partial charge >= 0.3 is 0 Å². The van der Waals surface area contributed by atoms with E-state index in [4.69, 9.17) is 27.9 Å². The SMILES string of the molecule is CC1CC(Oc2cc(CCl)c(Cl)cn2)CC(C)(C)C1. The standard InChI is InChI=1S/C15H21Cl2NO/c1-10-4-12(7-15(2,3)6-10)19-14-5-11(8-16)13(17)9-18-14/h5,9-10,12H,4,6-8H2,1-3H3. The number of alkyl halides is 1. The quantitative estimate of drug-likeness (QED) is 0.727. The second-order valence-electron chi connectivity index (χ2n) is 6.40. The summed E-state index contributed by atoms with van der Waals surface area (Å²) in [5, 5.41) is 0.597. The van der Waals surface area contributed by atoms with Crippen LogP contribution in [0, 0.1) is 11.3 Å². The first kappa shape index (κ1) is 14.9. The third kappa shape index (κ3) is 4.00. The molecule has 1 aliphatic carbocycles. The van der Waals surface area contributed by atoms with Crippen molar-refractivity contribution in [2.45, 2.75) is 52.0 Å². The Morgan fingerprint density at radius 3 is 2.79 bits per heavy atom. The zero-order valence-corrected chi connectivity index (χ0v) is 13.3. The average molecular weight is 302 g/mol. The molecular formula is C15H21Cl2NO. The van der Waals surface area contributed by atoms with Gasteiger partial charge in [-0.3, -0.25) is 0 Å². The summed E-state index contributed by atoms with van der Waals surface area (Å²) >= 11 is 11.9. The summed E-state index contributed by atoms with van der Waals surface area (Å²) in [5.41, 5.74) is 1.21. The highest BCUT2D eigenvalue weighted by molar-refractivity contribution is 6.32. The minimum Gasteiger partial charge on any atom is -0.474 e. The van der Waals surface area contributed by atoms with Crippen molar-refractivity contribution in [2.75, 3.05) is 0 Å². The largest absolute Gasteiger partial charge is 0.474 e. The van der Waals surface area contributed by atoms with Crippen molar-refractivity contribution in [2.24, 2.45) is 11.3 Å². The molecule has 2 unspecified atom stereocenters. The van der Waals surface area contributed by atoms with Crippen LogP contribution in [0.1, 0.15) is 45.6 Å². The topological polar surface area (TPSA) is 22.1 Å². The highest BCUT2D eigenvalue weighted by Gasteiger charge is 2.33. The molecule has 1 aromatic heterocycles. The molecule has 0 radical (unpaired) electrons. The van der Waals surface area contributed by atoms with E-state index in [1.165, 1.54) is 6.42 Å². The van der Waals surface area contributed by atoms with Crippen LogP contribution in [-0.2, 0) is 5.88 Å².